The number of nitrogens with one attached hydrogen (secondary N) is 1. The fourth-order valence-electron chi connectivity index (χ4n) is 3.27. The molecule has 2 aromatic carbocycles. The first-order valence-electron chi connectivity index (χ1n) is 9.95. The predicted molar refractivity (Wildman–Crippen MR) is 130 cm³/mol. The molecular formula is C24H19F2N3O2S2. The van der Waals surface area contributed by atoms with Crippen LogP contribution in [0, 0.1) is 18.6 Å². The van der Waals surface area contributed by atoms with E-state index >= 15 is 0 Å². The molecule has 0 aliphatic heterocycles. The molecule has 0 aliphatic carbocycles. The lowest BCUT2D eigenvalue weighted by Crippen LogP contribution is -2.23. The Bertz CT molecular complexity index is 1390. The average molecular weight is 484 g/mol. The lowest BCUT2D eigenvalue weighted by Gasteiger charge is -2.11. The predicted octanol–water partition coefficient (Wildman–Crippen LogP) is 5.63. The Hall–Kier alpha value is -3.30. The highest BCUT2D eigenvalue weighted by Gasteiger charge is 2.18. The Labute approximate surface area is 196 Å². The maximum absolute atomic E-state index is 13.8. The molecule has 0 unspecified atom stereocenters. The molecule has 0 saturated heterocycles. The Balaban J connectivity index is 1.64. The molecule has 2 aromatic heterocycles. The number of anilines is 1. The highest BCUT2D eigenvalue weighted by atomic mass is 32.2. The van der Waals surface area contributed by atoms with Gasteiger partial charge in [0.25, 0.3) is 5.56 Å². The van der Waals surface area contributed by atoms with E-state index in [-0.39, 0.29) is 17.9 Å². The number of thioether (sulfide) groups is 1. The number of aryl methyl sites for hydroxylation is 1. The zero-order valence-corrected chi connectivity index (χ0v) is 19.2. The van der Waals surface area contributed by atoms with Crippen LogP contribution in [0.1, 0.15) is 5.56 Å². The van der Waals surface area contributed by atoms with E-state index in [2.05, 4.69) is 16.9 Å². The minimum absolute atomic E-state index is 0.181. The first kappa shape index (κ1) is 22.9. The highest BCUT2D eigenvalue weighted by Crippen LogP contribution is 2.32. The van der Waals surface area contributed by atoms with E-state index in [0.29, 0.717) is 15.4 Å². The van der Waals surface area contributed by atoms with E-state index in [1.54, 1.807) is 6.08 Å². The van der Waals surface area contributed by atoms with Crippen LogP contribution >= 0.6 is 23.1 Å². The Morgan fingerprint density at radius 1 is 1.21 bits per heavy atom. The van der Waals surface area contributed by atoms with Crippen LogP contribution in [0.15, 0.2) is 70.5 Å². The van der Waals surface area contributed by atoms with Gasteiger partial charge in [-0.05, 0) is 24.6 Å². The van der Waals surface area contributed by atoms with Crippen molar-refractivity contribution in [3.05, 3.63) is 88.1 Å². The van der Waals surface area contributed by atoms with Crippen LogP contribution in [-0.2, 0) is 11.3 Å². The van der Waals surface area contributed by atoms with E-state index in [1.807, 2.05) is 36.6 Å². The number of aromatic nitrogens is 2. The SMILES string of the molecule is C=CCn1c(SCC(=O)Nc2c(F)cccc2F)nc2scc(-c3ccc(C)cc3)c2c1=O. The third-order valence-electron chi connectivity index (χ3n) is 4.89. The summed E-state index contributed by atoms with van der Waals surface area (Å²) < 4.78 is 29.0. The summed E-state index contributed by atoms with van der Waals surface area (Å²) >= 11 is 2.36. The van der Waals surface area contributed by atoms with Gasteiger partial charge in [-0.25, -0.2) is 13.8 Å². The standard InChI is InChI=1S/C24H19F2N3O2S2/c1-3-11-29-23(31)20-16(15-9-7-14(2)8-10-15)12-32-22(20)28-24(29)33-13-19(30)27-21-17(25)5-4-6-18(21)26/h3-10,12H,1,11,13H2,2H3,(H,27,30). The minimum atomic E-state index is -0.862. The van der Waals surface area contributed by atoms with Gasteiger partial charge in [0, 0.05) is 17.5 Å². The van der Waals surface area contributed by atoms with Crippen LogP contribution in [-0.4, -0.2) is 21.2 Å². The molecule has 0 fully saturated rings. The van der Waals surface area contributed by atoms with Crippen molar-refractivity contribution < 1.29 is 13.6 Å². The van der Waals surface area contributed by atoms with Crippen molar-refractivity contribution in [2.24, 2.45) is 0 Å². The van der Waals surface area contributed by atoms with Gasteiger partial charge in [-0.15, -0.1) is 17.9 Å². The molecule has 168 valence electrons. The lowest BCUT2D eigenvalue weighted by atomic mass is 10.1. The quantitative estimate of drug-likeness (QED) is 0.210. The molecule has 0 bridgehead atoms. The smallest absolute Gasteiger partial charge is 0.263 e. The molecule has 5 nitrogen and oxygen atoms in total. The van der Waals surface area contributed by atoms with Gasteiger partial charge in [-0.1, -0.05) is 53.7 Å². The molecule has 0 atom stereocenters. The van der Waals surface area contributed by atoms with E-state index in [4.69, 9.17) is 0 Å². The lowest BCUT2D eigenvalue weighted by molar-refractivity contribution is -0.113. The second-order valence-electron chi connectivity index (χ2n) is 7.23. The summed E-state index contributed by atoms with van der Waals surface area (Å²) in [5, 5.41) is 4.97. The van der Waals surface area contributed by atoms with E-state index in [1.165, 1.54) is 22.0 Å². The summed E-state index contributed by atoms with van der Waals surface area (Å²) in [5.74, 6) is -2.52. The highest BCUT2D eigenvalue weighted by molar-refractivity contribution is 7.99. The van der Waals surface area contributed by atoms with Gasteiger partial charge >= 0.3 is 0 Å². The largest absolute Gasteiger partial charge is 0.320 e. The number of hydrogen-bond acceptors (Lipinski definition) is 5. The zero-order chi connectivity index (χ0) is 23.5. The topological polar surface area (TPSA) is 64.0 Å². The van der Waals surface area contributed by atoms with Crippen molar-refractivity contribution in [3.8, 4) is 11.1 Å². The van der Waals surface area contributed by atoms with Crippen molar-refractivity contribution in [3.63, 3.8) is 0 Å². The molecule has 1 amide bonds. The summed E-state index contributed by atoms with van der Waals surface area (Å²) in [6.07, 6.45) is 1.58. The molecule has 1 N–H and O–H groups in total. The number of carbonyl (C=O) groups is 1. The molecule has 0 saturated carbocycles. The number of allylic oxidation sites excluding steroid dienone is 1. The average Bonchev–Trinajstić information content (AvgIpc) is 3.22. The Kier molecular flexibility index (Phi) is 6.71. The second kappa shape index (κ2) is 9.68. The number of amides is 1. The van der Waals surface area contributed by atoms with Crippen molar-refractivity contribution >= 4 is 44.9 Å². The molecule has 9 heteroatoms. The van der Waals surface area contributed by atoms with Crippen molar-refractivity contribution in [1.82, 2.24) is 9.55 Å². The number of thiophene rings is 1. The minimum Gasteiger partial charge on any atom is -0.320 e. The van der Waals surface area contributed by atoms with E-state index in [9.17, 15) is 18.4 Å². The Morgan fingerprint density at radius 3 is 2.58 bits per heavy atom. The number of para-hydroxylation sites is 1. The van der Waals surface area contributed by atoms with Gasteiger partial charge in [0.15, 0.2) is 5.16 Å². The van der Waals surface area contributed by atoms with Crippen LogP contribution in [0.25, 0.3) is 21.3 Å². The van der Waals surface area contributed by atoms with Crippen LogP contribution in [0.4, 0.5) is 14.5 Å². The third-order valence-corrected chi connectivity index (χ3v) is 6.74. The number of rotatable bonds is 7. The number of benzene rings is 2. The van der Waals surface area contributed by atoms with Crippen molar-refractivity contribution in [2.75, 3.05) is 11.1 Å². The van der Waals surface area contributed by atoms with Gasteiger partial charge in [-0.3, -0.25) is 14.2 Å². The van der Waals surface area contributed by atoms with Gasteiger partial charge in [0.2, 0.25) is 5.91 Å². The Morgan fingerprint density at radius 2 is 1.91 bits per heavy atom. The van der Waals surface area contributed by atoms with Crippen LogP contribution in [0.3, 0.4) is 0 Å². The summed E-state index contributed by atoms with van der Waals surface area (Å²) in [4.78, 5) is 30.8. The summed E-state index contributed by atoms with van der Waals surface area (Å²) in [6, 6.07) is 11.2. The normalized spacial score (nSPS) is 11.0. The number of nitrogens with zero attached hydrogens (tertiary/aromatic N) is 2. The van der Waals surface area contributed by atoms with Crippen LogP contribution < -0.4 is 10.9 Å². The number of carbonyl (C=O) groups excluding carboxylic acids is 1. The van der Waals surface area contributed by atoms with Gasteiger partial charge in [0.05, 0.1) is 11.1 Å². The van der Waals surface area contributed by atoms with Crippen molar-refractivity contribution in [1.29, 1.82) is 0 Å². The second-order valence-corrected chi connectivity index (χ2v) is 9.03. The van der Waals surface area contributed by atoms with Gasteiger partial charge in [0.1, 0.15) is 22.2 Å². The zero-order valence-electron chi connectivity index (χ0n) is 17.6. The first-order valence-corrected chi connectivity index (χ1v) is 11.8. The molecule has 0 aliphatic rings. The number of halogens is 2. The van der Waals surface area contributed by atoms with Gasteiger partial charge < -0.3 is 5.32 Å². The monoisotopic (exact) mass is 483 g/mol. The summed E-state index contributed by atoms with van der Waals surface area (Å²) in [5.41, 5.74) is 2.10. The fraction of sp³-hybridized carbons (Fsp3) is 0.125. The van der Waals surface area contributed by atoms with E-state index in [0.717, 1.165) is 40.6 Å². The van der Waals surface area contributed by atoms with E-state index < -0.39 is 23.2 Å². The number of hydrogen-bond donors (Lipinski definition) is 1. The summed E-state index contributed by atoms with van der Waals surface area (Å²) in [6.45, 7) is 5.91. The number of fused-ring (bicyclic) bond motifs is 1. The molecule has 33 heavy (non-hydrogen) atoms. The molecule has 2 heterocycles. The molecule has 4 aromatic rings. The molecule has 0 spiro atoms. The molecule has 0 radical (unpaired) electrons. The maximum atomic E-state index is 13.8. The molecule has 4 rings (SSSR count). The maximum Gasteiger partial charge on any atom is 0.263 e. The first-order chi connectivity index (χ1) is 15.9. The third kappa shape index (κ3) is 4.74. The van der Waals surface area contributed by atoms with Crippen LogP contribution in [0.2, 0.25) is 0 Å². The summed E-state index contributed by atoms with van der Waals surface area (Å²) in [7, 11) is 0. The van der Waals surface area contributed by atoms with Crippen LogP contribution in [0.5, 0.6) is 0 Å². The van der Waals surface area contributed by atoms with Crippen molar-refractivity contribution in [2.45, 2.75) is 18.6 Å². The molecular weight excluding hydrogens is 464 g/mol. The van der Waals surface area contributed by atoms with Gasteiger partial charge in [-0.2, -0.15) is 0 Å². The fourth-order valence-corrected chi connectivity index (χ4v) is 5.07.